The molecule has 0 bridgehead atoms. The third-order valence-electron chi connectivity index (χ3n) is 4.73. The Morgan fingerprint density at radius 3 is 2.42 bits per heavy atom. The van der Waals surface area contributed by atoms with Gasteiger partial charge in [0.15, 0.2) is 17.0 Å². The van der Waals surface area contributed by atoms with Gasteiger partial charge in [0.1, 0.15) is 11.5 Å². The van der Waals surface area contributed by atoms with Crippen LogP contribution in [0.2, 0.25) is 5.28 Å². The summed E-state index contributed by atoms with van der Waals surface area (Å²) in [5.74, 6) is 1.92. The molecule has 0 atom stereocenters. The maximum Gasteiger partial charge on any atom is 0.226 e. The average Bonchev–Trinajstić information content (AvgIpc) is 3.30. The zero-order valence-corrected chi connectivity index (χ0v) is 15.5. The quantitative estimate of drug-likeness (QED) is 0.670. The van der Waals surface area contributed by atoms with E-state index >= 15 is 0 Å². The van der Waals surface area contributed by atoms with Crippen molar-refractivity contribution in [1.82, 2.24) is 19.5 Å². The normalized spacial score (nSPS) is 14.7. The number of benzene rings is 1. The van der Waals surface area contributed by atoms with Crippen LogP contribution >= 0.6 is 11.6 Å². The van der Waals surface area contributed by atoms with E-state index in [-0.39, 0.29) is 5.28 Å². The van der Waals surface area contributed by atoms with Crippen molar-refractivity contribution in [3.8, 4) is 11.5 Å². The molecule has 1 fully saturated rings. The van der Waals surface area contributed by atoms with Gasteiger partial charge in [0.2, 0.25) is 5.28 Å². The summed E-state index contributed by atoms with van der Waals surface area (Å²) in [6, 6.07) is 5.95. The maximum atomic E-state index is 6.19. The summed E-state index contributed by atoms with van der Waals surface area (Å²) in [5.41, 5.74) is 2.23. The second kappa shape index (κ2) is 6.99. The molecule has 0 aliphatic heterocycles. The highest BCUT2D eigenvalue weighted by molar-refractivity contribution is 6.28. The van der Waals surface area contributed by atoms with E-state index in [4.69, 9.17) is 21.1 Å². The highest BCUT2D eigenvalue weighted by Gasteiger charge is 2.21. The molecule has 1 N–H and O–H groups in total. The summed E-state index contributed by atoms with van der Waals surface area (Å²) in [5, 5.41) is 3.46. The molecule has 3 aromatic rings. The van der Waals surface area contributed by atoms with Gasteiger partial charge in [0.05, 0.1) is 20.5 Å². The van der Waals surface area contributed by atoms with Crippen molar-refractivity contribution in [3.63, 3.8) is 0 Å². The first-order chi connectivity index (χ1) is 12.7. The fraction of sp³-hybridized carbons (Fsp3) is 0.389. The van der Waals surface area contributed by atoms with Gasteiger partial charge in [-0.15, -0.1) is 0 Å². The number of rotatable bonds is 5. The lowest BCUT2D eigenvalue weighted by atomic mass is 10.2. The van der Waals surface area contributed by atoms with E-state index < -0.39 is 0 Å². The van der Waals surface area contributed by atoms with Crippen LogP contribution in [-0.2, 0) is 0 Å². The van der Waals surface area contributed by atoms with Crippen molar-refractivity contribution in [2.45, 2.75) is 31.7 Å². The van der Waals surface area contributed by atoms with E-state index in [9.17, 15) is 0 Å². The monoisotopic (exact) mass is 373 g/mol. The van der Waals surface area contributed by atoms with Gasteiger partial charge in [0.25, 0.3) is 0 Å². The molecule has 0 spiro atoms. The molecule has 2 aromatic heterocycles. The van der Waals surface area contributed by atoms with Crippen molar-refractivity contribution in [2.75, 3.05) is 19.5 Å². The third-order valence-corrected chi connectivity index (χ3v) is 4.90. The van der Waals surface area contributed by atoms with Crippen LogP contribution in [0.25, 0.3) is 11.2 Å². The molecule has 2 heterocycles. The van der Waals surface area contributed by atoms with Gasteiger partial charge in [0, 0.05) is 29.9 Å². The first kappa shape index (κ1) is 16.9. The predicted octanol–water partition coefficient (Wildman–Crippen LogP) is 4.36. The molecular weight excluding hydrogens is 354 g/mol. The summed E-state index contributed by atoms with van der Waals surface area (Å²) >= 11 is 6.19. The van der Waals surface area contributed by atoms with Crippen molar-refractivity contribution in [2.24, 2.45) is 0 Å². The number of aromatic nitrogens is 4. The topological polar surface area (TPSA) is 74.1 Å². The van der Waals surface area contributed by atoms with Crippen LogP contribution in [0.3, 0.4) is 0 Å². The minimum atomic E-state index is 0.189. The molecule has 0 radical (unpaired) electrons. The molecule has 7 nitrogen and oxygen atoms in total. The summed E-state index contributed by atoms with van der Waals surface area (Å²) in [6.45, 7) is 0. The average molecular weight is 374 g/mol. The highest BCUT2D eigenvalue weighted by Crippen LogP contribution is 2.34. The van der Waals surface area contributed by atoms with Gasteiger partial charge in [-0.25, -0.2) is 4.98 Å². The molecule has 26 heavy (non-hydrogen) atoms. The number of nitrogens with one attached hydrogen (secondary N) is 1. The van der Waals surface area contributed by atoms with E-state index in [0.29, 0.717) is 28.9 Å². The van der Waals surface area contributed by atoms with E-state index in [2.05, 4.69) is 24.8 Å². The summed E-state index contributed by atoms with van der Waals surface area (Å²) < 4.78 is 12.8. The van der Waals surface area contributed by atoms with E-state index in [1.54, 1.807) is 14.2 Å². The van der Waals surface area contributed by atoms with Gasteiger partial charge >= 0.3 is 0 Å². The Bertz CT molecular complexity index is 914. The lowest BCUT2D eigenvalue weighted by Crippen LogP contribution is -2.05. The SMILES string of the molecule is COc1cc(Nc2nc(Cl)nc3c2ncn3C2CCCC2)cc(OC)c1. The van der Waals surface area contributed by atoms with Crippen molar-refractivity contribution in [3.05, 3.63) is 29.8 Å². The van der Waals surface area contributed by atoms with Gasteiger partial charge in [-0.05, 0) is 24.4 Å². The van der Waals surface area contributed by atoms with Crippen LogP contribution in [0.5, 0.6) is 11.5 Å². The zero-order valence-electron chi connectivity index (χ0n) is 14.7. The molecule has 0 amide bonds. The second-order valence-corrected chi connectivity index (χ2v) is 6.67. The Balaban J connectivity index is 1.75. The molecule has 0 saturated heterocycles. The Kier molecular flexibility index (Phi) is 4.55. The number of fused-ring (bicyclic) bond motifs is 1. The standard InChI is InChI=1S/C18H20ClN5O2/c1-25-13-7-11(8-14(9-13)26-2)21-16-15-17(23-18(19)22-16)24(10-20-15)12-5-3-4-6-12/h7-10,12H,3-6H2,1-2H3,(H,21,22,23). The Morgan fingerprint density at radius 2 is 1.77 bits per heavy atom. The number of anilines is 2. The van der Waals surface area contributed by atoms with Crippen molar-refractivity contribution in [1.29, 1.82) is 0 Å². The molecule has 8 heteroatoms. The number of methoxy groups -OCH3 is 2. The van der Waals surface area contributed by atoms with E-state index in [1.165, 1.54) is 12.8 Å². The van der Waals surface area contributed by atoms with Gasteiger partial charge in [-0.3, -0.25) is 0 Å². The first-order valence-electron chi connectivity index (χ1n) is 8.58. The number of ether oxygens (including phenoxy) is 2. The third kappa shape index (κ3) is 3.14. The van der Waals surface area contributed by atoms with Crippen molar-refractivity contribution < 1.29 is 9.47 Å². The van der Waals surface area contributed by atoms with Crippen LogP contribution in [0.4, 0.5) is 11.5 Å². The smallest absolute Gasteiger partial charge is 0.226 e. The van der Waals surface area contributed by atoms with Crippen LogP contribution in [0.15, 0.2) is 24.5 Å². The summed E-state index contributed by atoms with van der Waals surface area (Å²) in [6.07, 6.45) is 6.59. The Labute approximate surface area is 156 Å². The zero-order chi connectivity index (χ0) is 18.1. The fourth-order valence-electron chi connectivity index (χ4n) is 3.44. The fourth-order valence-corrected chi connectivity index (χ4v) is 3.61. The van der Waals surface area contributed by atoms with Gasteiger partial charge < -0.3 is 19.4 Å². The Morgan fingerprint density at radius 1 is 1.08 bits per heavy atom. The second-order valence-electron chi connectivity index (χ2n) is 6.33. The van der Waals surface area contributed by atoms with Crippen molar-refractivity contribution >= 4 is 34.3 Å². The van der Waals surface area contributed by atoms with Crippen LogP contribution in [0, 0.1) is 0 Å². The lowest BCUT2D eigenvalue weighted by molar-refractivity contribution is 0.395. The lowest BCUT2D eigenvalue weighted by Gasteiger charge is -2.13. The van der Waals surface area contributed by atoms with Crippen LogP contribution in [0.1, 0.15) is 31.7 Å². The number of imidazole rings is 1. The minimum absolute atomic E-state index is 0.189. The predicted molar refractivity (Wildman–Crippen MR) is 101 cm³/mol. The highest BCUT2D eigenvalue weighted by atomic mass is 35.5. The minimum Gasteiger partial charge on any atom is -0.497 e. The van der Waals surface area contributed by atoms with Gasteiger partial charge in [-0.2, -0.15) is 9.97 Å². The van der Waals surface area contributed by atoms with E-state index in [1.807, 2.05) is 24.5 Å². The molecule has 1 aliphatic carbocycles. The number of nitrogens with zero attached hydrogens (tertiary/aromatic N) is 4. The molecule has 136 valence electrons. The number of hydrogen-bond acceptors (Lipinski definition) is 6. The summed E-state index contributed by atoms with van der Waals surface area (Å²) in [4.78, 5) is 13.3. The Hall–Kier alpha value is -2.54. The molecule has 1 saturated carbocycles. The van der Waals surface area contributed by atoms with Crippen LogP contribution in [-0.4, -0.2) is 33.7 Å². The molecule has 1 aromatic carbocycles. The largest absolute Gasteiger partial charge is 0.497 e. The maximum absolute atomic E-state index is 6.19. The molecular formula is C18H20ClN5O2. The summed E-state index contributed by atoms with van der Waals surface area (Å²) in [7, 11) is 3.23. The number of hydrogen-bond donors (Lipinski definition) is 1. The van der Waals surface area contributed by atoms with Gasteiger partial charge in [-0.1, -0.05) is 12.8 Å². The first-order valence-corrected chi connectivity index (χ1v) is 8.96. The van der Waals surface area contributed by atoms with E-state index in [0.717, 1.165) is 24.2 Å². The molecule has 1 aliphatic rings. The molecule has 4 rings (SSSR count). The van der Waals surface area contributed by atoms with Crippen LogP contribution < -0.4 is 14.8 Å². The number of halogens is 1. The molecule has 0 unspecified atom stereocenters.